The van der Waals surface area contributed by atoms with Gasteiger partial charge < -0.3 is 10.4 Å². The number of hydrogen-bond donors (Lipinski definition) is 2. The normalized spacial score (nSPS) is 19.8. The molecular formula is C17H21F2NO2. The maximum Gasteiger partial charge on any atom is 0.219 e. The minimum atomic E-state index is -1.65. The minimum absolute atomic E-state index is 0.112. The van der Waals surface area contributed by atoms with Gasteiger partial charge >= 0.3 is 0 Å². The Bertz CT molecular complexity index is 601. The summed E-state index contributed by atoms with van der Waals surface area (Å²) in [5, 5.41) is 12.6. The van der Waals surface area contributed by atoms with Gasteiger partial charge in [0.1, 0.15) is 5.67 Å². The quantitative estimate of drug-likeness (QED) is 0.792. The van der Waals surface area contributed by atoms with E-state index in [2.05, 4.69) is 11.9 Å². The molecule has 1 aromatic rings. The second-order valence-electron chi connectivity index (χ2n) is 5.63. The van der Waals surface area contributed by atoms with Gasteiger partial charge in [-0.2, -0.15) is 0 Å². The number of aromatic hydroxyl groups is 1. The van der Waals surface area contributed by atoms with Crippen molar-refractivity contribution in [2.75, 3.05) is 6.54 Å². The molecule has 0 radical (unpaired) electrons. The van der Waals surface area contributed by atoms with Gasteiger partial charge in [0.15, 0.2) is 11.6 Å². The lowest BCUT2D eigenvalue weighted by Crippen LogP contribution is -2.29. The van der Waals surface area contributed by atoms with E-state index in [0.29, 0.717) is 24.0 Å². The smallest absolute Gasteiger partial charge is 0.219 e. The summed E-state index contributed by atoms with van der Waals surface area (Å²) in [7, 11) is 0. The number of phenols is 1. The number of allylic oxidation sites excluding steroid dienone is 1. The van der Waals surface area contributed by atoms with Crippen molar-refractivity contribution in [2.45, 2.75) is 44.7 Å². The van der Waals surface area contributed by atoms with Crippen molar-refractivity contribution in [2.24, 2.45) is 0 Å². The van der Waals surface area contributed by atoms with Crippen LogP contribution in [0.3, 0.4) is 0 Å². The van der Waals surface area contributed by atoms with Crippen molar-refractivity contribution in [1.29, 1.82) is 0 Å². The maximum absolute atomic E-state index is 15.3. The first-order valence-electron chi connectivity index (χ1n) is 7.53. The van der Waals surface area contributed by atoms with E-state index in [1.807, 2.05) is 0 Å². The average molecular weight is 309 g/mol. The third-order valence-corrected chi connectivity index (χ3v) is 4.19. The largest absolute Gasteiger partial charge is 0.505 e. The lowest BCUT2D eigenvalue weighted by Gasteiger charge is -2.24. The predicted molar refractivity (Wildman–Crippen MR) is 81.0 cm³/mol. The molecule has 3 nitrogen and oxygen atoms in total. The van der Waals surface area contributed by atoms with Crippen LogP contribution in [0.25, 0.3) is 0 Å². The van der Waals surface area contributed by atoms with Crippen LogP contribution in [0.1, 0.15) is 42.9 Å². The van der Waals surface area contributed by atoms with E-state index in [0.717, 1.165) is 0 Å². The fourth-order valence-corrected chi connectivity index (χ4v) is 3.08. The van der Waals surface area contributed by atoms with Crippen LogP contribution < -0.4 is 5.32 Å². The highest BCUT2D eigenvalue weighted by atomic mass is 19.1. The van der Waals surface area contributed by atoms with Crippen molar-refractivity contribution in [3.05, 3.63) is 41.2 Å². The molecule has 1 unspecified atom stereocenters. The monoisotopic (exact) mass is 309 g/mol. The number of rotatable bonds is 6. The maximum atomic E-state index is 15.3. The molecule has 0 spiro atoms. The molecule has 0 aromatic heterocycles. The number of carbonyl (C=O) groups excluding carboxylic acids is 1. The standard InChI is InChI=1S/C17H21F2NO2/c1-3-5-12-15-11(10-13(18)16(12)22)6-7-17(15,19)8-9-20-14(21)4-2/h3,10,22H,1,4-9H2,2H3,(H,20,21). The minimum Gasteiger partial charge on any atom is -0.505 e. The molecule has 0 aliphatic heterocycles. The molecule has 1 aliphatic carbocycles. The van der Waals surface area contributed by atoms with Crippen molar-refractivity contribution >= 4 is 5.91 Å². The Balaban J connectivity index is 2.31. The molecule has 1 amide bonds. The Morgan fingerprint density at radius 2 is 2.32 bits per heavy atom. The summed E-state index contributed by atoms with van der Waals surface area (Å²) in [4.78, 5) is 11.3. The highest BCUT2D eigenvalue weighted by molar-refractivity contribution is 5.75. The van der Waals surface area contributed by atoms with E-state index in [-0.39, 0.29) is 37.3 Å². The van der Waals surface area contributed by atoms with E-state index < -0.39 is 17.2 Å². The zero-order valence-corrected chi connectivity index (χ0v) is 12.7. The molecule has 0 bridgehead atoms. The fraction of sp³-hybridized carbons (Fsp3) is 0.471. The molecule has 22 heavy (non-hydrogen) atoms. The van der Waals surface area contributed by atoms with E-state index in [1.54, 1.807) is 6.92 Å². The summed E-state index contributed by atoms with van der Waals surface area (Å²) in [6, 6.07) is 1.21. The summed E-state index contributed by atoms with van der Waals surface area (Å²) < 4.78 is 29.1. The molecule has 2 N–H and O–H groups in total. The number of amides is 1. The number of fused-ring (bicyclic) bond motifs is 1. The van der Waals surface area contributed by atoms with Crippen molar-refractivity contribution < 1.29 is 18.7 Å². The zero-order chi connectivity index (χ0) is 16.3. The van der Waals surface area contributed by atoms with Gasteiger partial charge in [0.05, 0.1) is 0 Å². The second kappa shape index (κ2) is 6.46. The Kier molecular flexibility index (Phi) is 4.84. The number of benzene rings is 1. The molecule has 0 fully saturated rings. The number of nitrogens with one attached hydrogen (secondary N) is 1. The zero-order valence-electron chi connectivity index (χ0n) is 12.7. The van der Waals surface area contributed by atoms with E-state index in [1.165, 1.54) is 12.1 Å². The summed E-state index contributed by atoms with van der Waals surface area (Å²) >= 11 is 0. The Morgan fingerprint density at radius 1 is 1.59 bits per heavy atom. The number of phenolic OH excluding ortho intramolecular Hbond substituents is 1. The molecule has 0 saturated heterocycles. The van der Waals surface area contributed by atoms with Crippen LogP contribution in [0.15, 0.2) is 18.7 Å². The number of alkyl halides is 1. The van der Waals surface area contributed by atoms with Gasteiger partial charge in [0.25, 0.3) is 0 Å². The summed E-state index contributed by atoms with van der Waals surface area (Å²) in [6.45, 7) is 5.53. The third-order valence-electron chi connectivity index (χ3n) is 4.19. The highest BCUT2D eigenvalue weighted by Gasteiger charge is 2.41. The topological polar surface area (TPSA) is 49.3 Å². The van der Waals surface area contributed by atoms with Crippen LogP contribution in [0.2, 0.25) is 0 Å². The average Bonchev–Trinajstić information content (AvgIpc) is 2.80. The molecule has 5 heteroatoms. The van der Waals surface area contributed by atoms with Crippen molar-refractivity contribution in [3.63, 3.8) is 0 Å². The Labute approximate surface area is 129 Å². The molecule has 0 saturated carbocycles. The first kappa shape index (κ1) is 16.5. The SMILES string of the molecule is C=CCc1c(O)c(F)cc2c1C(F)(CCNC(=O)CC)CC2. The lowest BCUT2D eigenvalue weighted by atomic mass is 9.88. The first-order chi connectivity index (χ1) is 10.4. The van der Waals surface area contributed by atoms with Crippen LogP contribution in [0, 0.1) is 5.82 Å². The van der Waals surface area contributed by atoms with E-state index in [4.69, 9.17) is 0 Å². The molecule has 1 aliphatic rings. The van der Waals surface area contributed by atoms with Gasteiger partial charge in [-0.05, 0) is 36.5 Å². The first-order valence-corrected chi connectivity index (χ1v) is 7.53. The number of carbonyl (C=O) groups is 1. The van der Waals surface area contributed by atoms with E-state index >= 15 is 4.39 Å². The van der Waals surface area contributed by atoms with Crippen LogP contribution in [0.4, 0.5) is 8.78 Å². The third kappa shape index (κ3) is 2.98. The molecule has 120 valence electrons. The molecular weight excluding hydrogens is 288 g/mol. The molecule has 2 rings (SSSR count). The van der Waals surface area contributed by atoms with Gasteiger partial charge in [0, 0.05) is 24.9 Å². The van der Waals surface area contributed by atoms with Crippen LogP contribution in [-0.4, -0.2) is 17.6 Å². The van der Waals surface area contributed by atoms with Gasteiger partial charge in [-0.15, -0.1) is 6.58 Å². The van der Waals surface area contributed by atoms with Crippen LogP contribution in [-0.2, 0) is 23.3 Å². The highest BCUT2D eigenvalue weighted by Crippen LogP contribution is 2.47. The molecule has 1 atom stereocenters. The Hall–Kier alpha value is -1.91. The number of aryl methyl sites for hydroxylation is 1. The summed E-state index contributed by atoms with van der Waals surface area (Å²) in [6.07, 6.45) is 2.85. The Morgan fingerprint density at radius 3 is 2.95 bits per heavy atom. The van der Waals surface area contributed by atoms with Gasteiger partial charge in [-0.25, -0.2) is 8.78 Å². The van der Waals surface area contributed by atoms with Gasteiger partial charge in [0.2, 0.25) is 5.91 Å². The predicted octanol–water partition coefficient (Wildman–Crippen LogP) is 3.29. The number of hydrogen-bond acceptors (Lipinski definition) is 2. The van der Waals surface area contributed by atoms with Crippen molar-refractivity contribution in [1.82, 2.24) is 5.32 Å². The lowest BCUT2D eigenvalue weighted by molar-refractivity contribution is -0.120. The van der Waals surface area contributed by atoms with E-state index in [9.17, 15) is 14.3 Å². The second-order valence-corrected chi connectivity index (χ2v) is 5.63. The fourth-order valence-electron chi connectivity index (χ4n) is 3.08. The molecule has 1 aromatic carbocycles. The van der Waals surface area contributed by atoms with Crippen LogP contribution in [0.5, 0.6) is 5.75 Å². The van der Waals surface area contributed by atoms with Gasteiger partial charge in [-0.3, -0.25) is 4.79 Å². The summed E-state index contributed by atoms with van der Waals surface area (Å²) in [5.41, 5.74) is -0.416. The van der Waals surface area contributed by atoms with Crippen molar-refractivity contribution in [3.8, 4) is 5.75 Å². The van der Waals surface area contributed by atoms with Gasteiger partial charge in [-0.1, -0.05) is 13.0 Å². The number of halogens is 2. The van der Waals surface area contributed by atoms with Crippen LogP contribution >= 0.6 is 0 Å². The molecule has 0 heterocycles. The summed E-state index contributed by atoms with van der Waals surface area (Å²) in [5.74, 6) is -1.35.